The fourth-order valence-electron chi connectivity index (χ4n) is 8.51. The standard InChI is InChI=1S/C24H39NO2/c1-15(26)20-8-9-21-19-7-6-17-14-18(25(5)16(2)27)10-12-23(17,3)22(19)11-13-24(20,21)4/h17-22H,6-14H2,1-5H3. The predicted molar refractivity (Wildman–Crippen MR) is 108 cm³/mol. The molecule has 8 unspecified atom stereocenters. The van der Waals surface area contributed by atoms with Crippen LogP contribution in [0.3, 0.4) is 0 Å². The number of rotatable bonds is 2. The summed E-state index contributed by atoms with van der Waals surface area (Å²) in [5.41, 5.74) is 0.717. The molecule has 0 aliphatic heterocycles. The number of ketones is 1. The summed E-state index contributed by atoms with van der Waals surface area (Å²) in [5, 5.41) is 0. The highest BCUT2D eigenvalue weighted by atomic mass is 16.2. The van der Waals surface area contributed by atoms with Crippen molar-refractivity contribution in [2.75, 3.05) is 7.05 Å². The van der Waals surface area contributed by atoms with Crippen LogP contribution in [0.5, 0.6) is 0 Å². The van der Waals surface area contributed by atoms with Gasteiger partial charge in [0.25, 0.3) is 0 Å². The van der Waals surface area contributed by atoms with Crippen LogP contribution in [0, 0.1) is 40.4 Å². The topological polar surface area (TPSA) is 37.4 Å². The number of hydrogen-bond donors (Lipinski definition) is 0. The van der Waals surface area contributed by atoms with Crippen molar-refractivity contribution in [2.45, 2.75) is 91.5 Å². The van der Waals surface area contributed by atoms with E-state index in [2.05, 4.69) is 13.8 Å². The van der Waals surface area contributed by atoms with Gasteiger partial charge in [0.05, 0.1) is 0 Å². The number of fused-ring (bicyclic) bond motifs is 5. The molecule has 0 aromatic carbocycles. The second-order valence-electron chi connectivity index (χ2n) is 11.0. The molecule has 4 aliphatic rings. The van der Waals surface area contributed by atoms with E-state index in [-0.39, 0.29) is 11.3 Å². The van der Waals surface area contributed by atoms with Crippen LogP contribution in [-0.4, -0.2) is 29.7 Å². The summed E-state index contributed by atoms with van der Waals surface area (Å²) in [6.45, 7) is 8.56. The molecule has 0 N–H and O–H groups in total. The Morgan fingerprint density at radius 3 is 2.19 bits per heavy atom. The predicted octanol–water partition coefficient (Wildman–Crippen LogP) is 5.08. The van der Waals surface area contributed by atoms with Gasteiger partial charge in [0.2, 0.25) is 5.91 Å². The zero-order valence-corrected chi connectivity index (χ0v) is 18.1. The maximum Gasteiger partial charge on any atom is 0.219 e. The van der Waals surface area contributed by atoms with Gasteiger partial charge in [-0.05, 0) is 99.2 Å². The van der Waals surface area contributed by atoms with Crippen molar-refractivity contribution in [2.24, 2.45) is 40.4 Å². The van der Waals surface area contributed by atoms with Gasteiger partial charge in [-0.2, -0.15) is 0 Å². The molecule has 0 aromatic heterocycles. The molecule has 0 bridgehead atoms. The first-order valence-corrected chi connectivity index (χ1v) is 11.4. The molecule has 3 nitrogen and oxygen atoms in total. The summed E-state index contributed by atoms with van der Waals surface area (Å²) < 4.78 is 0. The zero-order chi connectivity index (χ0) is 19.6. The number of carbonyl (C=O) groups is 2. The van der Waals surface area contributed by atoms with Gasteiger partial charge >= 0.3 is 0 Å². The molecule has 0 spiro atoms. The van der Waals surface area contributed by atoms with Gasteiger partial charge in [-0.3, -0.25) is 9.59 Å². The number of carbonyl (C=O) groups excluding carboxylic acids is 2. The Morgan fingerprint density at radius 1 is 0.852 bits per heavy atom. The molecule has 0 radical (unpaired) electrons. The Hall–Kier alpha value is -0.860. The summed E-state index contributed by atoms with van der Waals surface area (Å²) in [6, 6.07) is 0.444. The lowest BCUT2D eigenvalue weighted by atomic mass is 9.44. The van der Waals surface area contributed by atoms with Gasteiger partial charge in [0.1, 0.15) is 5.78 Å². The number of amides is 1. The maximum absolute atomic E-state index is 12.3. The molecule has 152 valence electrons. The third-order valence-electron chi connectivity index (χ3n) is 10.2. The highest BCUT2D eigenvalue weighted by molar-refractivity contribution is 5.79. The SMILES string of the molecule is CC(=O)C1CCC2C3CCC4CC(N(C)C(C)=O)CCC4(C)C3CCC12C. The van der Waals surface area contributed by atoms with Crippen molar-refractivity contribution in [1.29, 1.82) is 0 Å². The number of Topliss-reactive ketones (excluding diaryl/α,β-unsaturated/α-hetero) is 1. The van der Waals surface area contributed by atoms with Crippen LogP contribution in [0.2, 0.25) is 0 Å². The normalized spacial score (nSPS) is 48.9. The first kappa shape index (κ1) is 19.5. The molecule has 1 amide bonds. The van der Waals surface area contributed by atoms with Gasteiger partial charge < -0.3 is 4.90 Å². The Balaban J connectivity index is 1.54. The second kappa shape index (κ2) is 6.59. The molecule has 27 heavy (non-hydrogen) atoms. The quantitative estimate of drug-likeness (QED) is 0.677. The number of nitrogens with zero attached hydrogens (tertiary/aromatic N) is 1. The smallest absolute Gasteiger partial charge is 0.219 e. The molecular weight excluding hydrogens is 334 g/mol. The van der Waals surface area contributed by atoms with Crippen molar-refractivity contribution in [3.8, 4) is 0 Å². The van der Waals surface area contributed by atoms with Gasteiger partial charge in [0, 0.05) is 25.9 Å². The molecule has 0 saturated heterocycles. The third kappa shape index (κ3) is 2.82. The molecule has 4 fully saturated rings. The van der Waals surface area contributed by atoms with Crippen LogP contribution in [0.15, 0.2) is 0 Å². The van der Waals surface area contributed by atoms with E-state index in [0.29, 0.717) is 23.2 Å². The van der Waals surface area contributed by atoms with E-state index < -0.39 is 0 Å². The van der Waals surface area contributed by atoms with Gasteiger partial charge in [-0.25, -0.2) is 0 Å². The minimum Gasteiger partial charge on any atom is -0.343 e. The second-order valence-corrected chi connectivity index (χ2v) is 11.0. The van der Waals surface area contributed by atoms with E-state index in [1.54, 1.807) is 6.92 Å². The van der Waals surface area contributed by atoms with Crippen LogP contribution < -0.4 is 0 Å². The summed E-state index contributed by atoms with van der Waals surface area (Å²) in [7, 11) is 1.99. The average molecular weight is 374 g/mol. The largest absolute Gasteiger partial charge is 0.343 e. The summed E-state index contributed by atoms with van der Waals surface area (Å²) in [5.74, 6) is 4.17. The zero-order valence-electron chi connectivity index (χ0n) is 18.1. The van der Waals surface area contributed by atoms with E-state index in [1.807, 2.05) is 18.9 Å². The molecule has 0 aromatic rings. The van der Waals surface area contributed by atoms with E-state index in [1.165, 1.54) is 51.4 Å². The first-order chi connectivity index (χ1) is 12.7. The van der Waals surface area contributed by atoms with Crippen LogP contribution in [0.4, 0.5) is 0 Å². The summed E-state index contributed by atoms with van der Waals surface area (Å²) in [6.07, 6.45) is 11.3. The highest BCUT2D eigenvalue weighted by Gasteiger charge is 2.60. The van der Waals surface area contributed by atoms with E-state index >= 15 is 0 Å². The maximum atomic E-state index is 12.3. The lowest BCUT2D eigenvalue weighted by Crippen LogP contribution is -2.55. The summed E-state index contributed by atoms with van der Waals surface area (Å²) >= 11 is 0. The van der Waals surface area contributed by atoms with E-state index in [9.17, 15) is 9.59 Å². The van der Waals surface area contributed by atoms with Crippen molar-refractivity contribution >= 4 is 11.7 Å². The van der Waals surface area contributed by atoms with Crippen LogP contribution in [0.1, 0.15) is 85.5 Å². The minimum absolute atomic E-state index is 0.215. The Bertz CT molecular complexity index is 630. The van der Waals surface area contributed by atoms with Gasteiger partial charge in [0.15, 0.2) is 0 Å². The Morgan fingerprint density at radius 2 is 1.52 bits per heavy atom. The molecule has 4 saturated carbocycles. The fourth-order valence-corrected chi connectivity index (χ4v) is 8.51. The molecule has 8 atom stereocenters. The monoisotopic (exact) mass is 373 g/mol. The molecule has 3 heteroatoms. The number of hydrogen-bond acceptors (Lipinski definition) is 2. The summed E-state index contributed by atoms with van der Waals surface area (Å²) in [4.78, 5) is 26.1. The van der Waals surface area contributed by atoms with Crippen molar-refractivity contribution in [3.63, 3.8) is 0 Å². The van der Waals surface area contributed by atoms with E-state index in [0.717, 1.165) is 30.1 Å². The van der Waals surface area contributed by atoms with Crippen molar-refractivity contribution < 1.29 is 9.59 Å². The van der Waals surface area contributed by atoms with Gasteiger partial charge in [-0.1, -0.05) is 13.8 Å². The fraction of sp³-hybridized carbons (Fsp3) is 0.917. The minimum atomic E-state index is 0.215. The average Bonchev–Trinajstić information content (AvgIpc) is 2.97. The molecular formula is C24H39NO2. The molecule has 4 rings (SSSR count). The van der Waals surface area contributed by atoms with Crippen molar-refractivity contribution in [1.82, 2.24) is 4.90 Å². The van der Waals surface area contributed by atoms with Crippen LogP contribution >= 0.6 is 0 Å². The van der Waals surface area contributed by atoms with Crippen LogP contribution in [-0.2, 0) is 9.59 Å². The molecule has 4 aliphatic carbocycles. The van der Waals surface area contributed by atoms with Gasteiger partial charge in [-0.15, -0.1) is 0 Å². The van der Waals surface area contributed by atoms with Crippen LogP contribution in [0.25, 0.3) is 0 Å². The molecule has 0 heterocycles. The van der Waals surface area contributed by atoms with Crippen molar-refractivity contribution in [3.05, 3.63) is 0 Å². The first-order valence-electron chi connectivity index (χ1n) is 11.4. The Kier molecular flexibility index (Phi) is 4.75. The lowest BCUT2D eigenvalue weighted by molar-refractivity contribution is -0.142. The van der Waals surface area contributed by atoms with E-state index in [4.69, 9.17) is 0 Å². The lowest BCUT2D eigenvalue weighted by Gasteiger charge is -2.61. The third-order valence-corrected chi connectivity index (χ3v) is 10.2. The Labute approximate surface area is 165 Å². The highest BCUT2D eigenvalue weighted by Crippen LogP contribution is 2.67.